The number of methoxy groups -OCH3 is 1. The van der Waals surface area contributed by atoms with Crippen molar-refractivity contribution in [1.29, 1.82) is 0 Å². The largest absolute Gasteiger partial charge is 0.497 e. The molecule has 0 aliphatic carbocycles. The number of hydrogen-bond donors (Lipinski definition) is 1. The molecule has 1 saturated heterocycles. The first-order valence-corrected chi connectivity index (χ1v) is 10.5. The van der Waals surface area contributed by atoms with Crippen molar-refractivity contribution in [3.63, 3.8) is 0 Å². The lowest BCUT2D eigenvalue weighted by Crippen LogP contribution is -2.40. The highest BCUT2D eigenvalue weighted by Crippen LogP contribution is 2.29. The van der Waals surface area contributed by atoms with Crippen LogP contribution in [0.2, 0.25) is 0 Å². The van der Waals surface area contributed by atoms with Gasteiger partial charge in [-0.15, -0.1) is 0 Å². The van der Waals surface area contributed by atoms with Crippen molar-refractivity contribution in [1.82, 2.24) is 10.3 Å². The predicted octanol–water partition coefficient (Wildman–Crippen LogP) is 4.97. The number of rotatable bonds is 5. The van der Waals surface area contributed by atoms with Gasteiger partial charge in [-0.25, -0.2) is 4.98 Å². The second kappa shape index (κ2) is 8.51. The number of nitrogens with zero attached hydrogens (tertiary/aromatic N) is 1. The van der Waals surface area contributed by atoms with E-state index < -0.39 is 0 Å². The van der Waals surface area contributed by atoms with Crippen molar-refractivity contribution in [2.24, 2.45) is 0 Å². The van der Waals surface area contributed by atoms with Gasteiger partial charge >= 0.3 is 0 Å². The van der Waals surface area contributed by atoms with Gasteiger partial charge in [0.2, 0.25) is 0 Å². The van der Waals surface area contributed by atoms with E-state index in [1.807, 2.05) is 55.5 Å². The fraction of sp³-hybridized carbons (Fsp3) is 0.304. The SMILES string of the molecule is COc1cccc(-c2cc(C(=O)NC(C)C3CCCO3)c3cc(Br)ccc3n2)c1. The number of benzene rings is 2. The molecular formula is C23H23BrN2O3. The molecule has 2 atom stereocenters. The minimum Gasteiger partial charge on any atom is -0.497 e. The van der Waals surface area contributed by atoms with Gasteiger partial charge in [-0.1, -0.05) is 28.1 Å². The van der Waals surface area contributed by atoms with Crippen molar-refractivity contribution in [3.8, 4) is 17.0 Å². The van der Waals surface area contributed by atoms with Gasteiger partial charge in [0.05, 0.1) is 36.0 Å². The van der Waals surface area contributed by atoms with Crippen molar-refractivity contribution in [3.05, 3.63) is 58.6 Å². The standard InChI is InChI=1S/C23H23BrN2O3/c1-14(22-7-4-10-29-22)25-23(27)19-13-21(15-5-3-6-17(11-15)28-2)26-20-9-8-16(24)12-18(19)20/h3,5-6,8-9,11-14,22H,4,7,10H2,1-2H3,(H,25,27). The van der Waals surface area contributed by atoms with Crippen LogP contribution in [0.3, 0.4) is 0 Å². The summed E-state index contributed by atoms with van der Waals surface area (Å²) in [6, 6.07) is 15.3. The monoisotopic (exact) mass is 454 g/mol. The third kappa shape index (κ3) is 4.28. The molecule has 2 unspecified atom stereocenters. The Morgan fingerprint density at radius 3 is 2.90 bits per heavy atom. The average molecular weight is 455 g/mol. The molecule has 0 radical (unpaired) electrons. The van der Waals surface area contributed by atoms with Gasteiger partial charge < -0.3 is 14.8 Å². The zero-order valence-corrected chi connectivity index (χ0v) is 18.0. The van der Waals surface area contributed by atoms with Gasteiger partial charge in [-0.05, 0) is 56.2 Å². The van der Waals surface area contributed by atoms with Crippen LogP contribution >= 0.6 is 15.9 Å². The molecule has 5 nitrogen and oxygen atoms in total. The van der Waals surface area contributed by atoms with E-state index in [9.17, 15) is 4.79 Å². The Bertz CT molecular complexity index is 1050. The molecule has 1 aliphatic rings. The fourth-order valence-corrected chi connectivity index (χ4v) is 4.05. The molecule has 1 amide bonds. The molecule has 3 aromatic rings. The number of fused-ring (bicyclic) bond motifs is 1. The molecule has 0 saturated carbocycles. The Balaban J connectivity index is 1.75. The summed E-state index contributed by atoms with van der Waals surface area (Å²) in [5.41, 5.74) is 2.99. The quantitative estimate of drug-likeness (QED) is 0.590. The minimum absolute atomic E-state index is 0.0550. The van der Waals surface area contributed by atoms with Crippen molar-refractivity contribution in [2.45, 2.75) is 31.9 Å². The second-order valence-corrected chi connectivity index (χ2v) is 8.18. The van der Waals surface area contributed by atoms with Gasteiger partial charge in [0.1, 0.15) is 5.75 Å². The first-order chi connectivity index (χ1) is 14.0. The normalized spacial score (nSPS) is 17.3. The van der Waals surface area contributed by atoms with Gasteiger partial charge in [0.15, 0.2) is 0 Å². The molecule has 1 aromatic heterocycles. The number of halogens is 1. The summed E-state index contributed by atoms with van der Waals surface area (Å²) in [5.74, 6) is 0.626. The number of carbonyl (C=O) groups is 1. The minimum atomic E-state index is -0.123. The fourth-order valence-electron chi connectivity index (χ4n) is 3.69. The van der Waals surface area contributed by atoms with E-state index in [2.05, 4.69) is 21.2 Å². The van der Waals surface area contributed by atoms with Gasteiger partial charge in [-0.3, -0.25) is 4.79 Å². The Morgan fingerprint density at radius 2 is 2.14 bits per heavy atom. The molecular weight excluding hydrogens is 432 g/mol. The highest BCUT2D eigenvalue weighted by Gasteiger charge is 2.25. The maximum atomic E-state index is 13.2. The molecule has 2 heterocycles. The summed E-state index contributed by atoms with van der Waals surface area (Å²) in [7, 11) is 1.63. The van der Waals surface area contributed by atoms with Crippen LogP contribution in [-0.4, -0.2) is 36.8 Å². The number of nitrogens with one attached hydrogen (secondary N) is 1. The third-order valence-electron chi connectivity index (χ3n) is 5.26. The number of amides is 1. The zero-order valence-electron chi connectivity index (χ0n) is 16.4. The maximum absolute atomic E-state index is 13.2. The summed E-state index contributed by atoms with van der Waals surface area (Å²) in [4.78, 5) is 18.0. The van der Waals surface area contributed by atoms with E-state index in [1.165, 1.54) is 0 Å². The van der Waals surface area contributed by atoms with Gasteiger partial charge in [0, 0.05) is 22.0 Å². The van der Waals surface area contributed by atoms with Crippen LogP contribution in [0.4, 0.5) is 0 Å². The molecule has 1 N–H and O–H groups in total. The van der Waals surface area contributed by atoms with E-state index >= 15 is 0 Å². The van der Waals surface area contributed by atoms with Crippen molar-refractivity contribution < 1.29 is 14.3 Å². The molecule has 150 valence electrons. The Morgan fingerprint density at radius 1 is 1.28 bits per heavy atom. The van der Waals surface area contributed by atoms with Gasteiger partial charge in [0.25, 0.3) is 5.91 Å². The predicted molar refractivity (Wildman–Crippen MR) is 117 cm³/mol. The Labute approximate surface area is 178 Å². The average Bonchev–Trinajstić information content (AvgIpc) is 3.28. The van der Waals surface area contributed by atoms with E-state index in [4.69, 9.17) is 14.5 Å². The lowest BCUT2D eigenvalue weighted by molar-refractivity contribution is 0.0713. The van der Waals surface area contributed by atoms with E-state index in [-0.39, 0.29) is 18.1 Å². The maximum Gasteiger partial charge on any atom is 0.252 e. The summed E-state index contributed by atoms with van der Waals surface area (Å²) in [6.07, 6.45) is 2.08. The topological polar surface area (TPSA) is 60.5 Å². The molecule has 6 heteroatoms. The second-order valence-electron chi connectivity index (χ2n) is 7.26. The van der Waals surface area contributed by atoms with Crippen LogP contribution in [0.1, 0.15) is 30.1 Å². The molecule has 29 heavy (non-hydrogen) atoms. The van der Waals surface area contributed by atoms with Crippen LogP contribution in [0.15, 0.2) is 53.0 Å². The van der Waals surface area contributed by atoms with Crippen molar-refractivity contribution in [2.75, 3.05) is 13.7 Å². The third-order valence-corrected chi connectivity index (χ3v) is 5.76. The number of ether oxygens (including phenoxy) is 2. The lowest BCUT2D eigenvalue weighted by Gasteiger charge is -2.20. The molecule has 2 aromatic carbocycles. The van der Waals surface area contributed by atoms with Gasteiger partial charge in [-0.2, -0.15) is 0 Å². The summed E-state index contributed by atoms with van der Waals surface area (Å²) in [6.45, 7) is 2.76. The van der Waals surface area contributed by atoms with E-state index in [0.717, 1.165) is 51.8 Å². The molecule has 0 spiro atoms. The number of carbonyl (C=O) groups excluding carboxylic acids is 1. The van der Waals surface area contributed by atoms with Crippen LogP contribution in [0, 0.1) is 0 Å². The molecule has 4 rings (SSSR count). The number of pyridine rings is 1. The van der Waals surface area contributed by atoms with Crippen LogP contribution < -0.4 is 10.1 Å². The highest BCUT2D eigenvalue weighted by molar-refractivity contribution is 9.10. The summed E-state index contributed by atoms with van der Waals surface area (Å²) in [5, 5.41) is 3.93. The Hall–Kier alpha value is -2.44. The molecule has 1 aliphatic heterocycles. The zero-order chi connectivity index (χ0) is 20.4. The van der Waals surface area contributed by atoms with E-state index in [1.54, 1.807) is 7.11 Å². The van der Waals surface area contributed by atoms with Crippen LogP contribution in [0.25, 0.3) is 22.2 Å². The van der Waals surface area contributed by atoms with Crippen LogP contribution in [-0.2, 0) is 4.74 Å². The van der Waals surface area contributed by atoms with E-state index in [0.29, 0.717) is 5.56 Å². The first-order valence-electron chi connectivity index (χ1n) is 9.72. The number of hydrogen-bond acceptors (Lipinski definition) is 4. The highest BCUT2D eigenvalue weighted by atomic mass is 79.9. The smallest absolute Gasteiger partial charge is 0.252 e. The summed E-state index contributed by atoms with van der Waals surface area (Å²) < 4.78 is 12.0. The summed E-state index contributed by atoms with van der Waals surface area (Å²) >= 11 is 3.51. The molecule has 1 fully saturated rings. The number of aromatic nitrogens is 1. The Kier molecular flexibility index (Phi) is 5.83. The molecule has 0 bridgehead atoms. The van der Waals surface area contributed by atoms with Crippen LogP contribution in [0.5, 0.6) is 5.75 Å². The lowest BCUT2D eigenvalue weighted by atomic mass is 10.0. The van der Waals surface area contributed by atoms with Crippen molar-refractivity contribution >= 4 is 32.7 Å². The first kappa shape index (κ1) is 19.9.